The van der Waals surface area contributed by atoms with Crippen molar-refractivity contribution < 1.29 is 0 Å². The van der Waals surface area contributed by atoms with Crippen LogP contribution in [-0.2, 0) is 0 Å². The zero-order valence-electron chi connectivity index (χ0n) is 12.4. The molecule has 1 atom stereocenters. The van der Waals surface area contributed by atoms with Gasteiger partial charge in [-0.25, -0.2) is 0 Å². The summed E-state index contributed by atoms with van der Waals surface area (Å²) >= 11 is 5.54. The average molecular weight is 360 g/mol. The lowest BCUT2D eigenvalue weighted by Crippen LogP contribution is -2.16. The highest BCUT2D eigenvalue weighted by Crippen LogP contribution is 2.36. The van der Waals surface area contributed by atoms with E-state index in [2.05, 4.69) is 77.6 Å². The van der Waals surface area contributed by atoms with E-state index in [4.69, 9.17) is 0 Å². The van der Waals surface area contributed by atoms with Crippen LogP contribution in [0, 0.1) is 13.8 Å². The summed E-state index contributed by atoms with van der Waals surface area (Å²) in [6, 6.07) is 15.5. The second-order valence-electron chi connectivity index (χ2n) is 5.29. The van der Waals surface area contributed by atoms with Crippen LogP contribution in [0.3, 0.4) is 0 Å². The molecule has 1 heterocycles. The Labute approximate surface area is 138 Å². The van der Waals surface area contributed by atoms with E-state index < -0.39 is 0 Å². The zero-order valence-corrected chi connectivity index (χ0v) is 14.8. The molecule has 3 heteroatoms. The fourth-order valence-electron chi connectivity index (χ4n) is 2.73. The molecule has 0 radical (unpaired) electrons. The van der Waals surface area contributed by atoms with Crippen LogP contribution < -0.4 is 5.32 Å². The quantitative estimate of drug-likeness (QED) is 0.642. The summed E-state index contributed by atoms with van der Waals surface area (Å²) in [6.45, 7) is 4.37. The van der Waals surface area contributed by atoms with Crippen LogP contribution in [0.1, 0.15) is 26.9 Å². The molecule has 0 aliphatic carbocycles. The molecule has 108 valence electrons. The van der Waals surface area contributed by atoms with Gasteiger partial charge in [-0.15, -0.1) is 11.3 Å². The molecule has 1 unspecified atom stereocenters. The number of rotatable bonds is 3. The molecule has 0 spiro atoms. The van der Waals surface area contributed by atoms with E-state index >= 15 is 0 Å². The van der Waals surface area contributed by atoms with Gasteiger partial charge in [0.2, 0.25) is 0 Å². The monoisotopic (exact) mass is 359 g/mol. The fourth-order valence-corrected chi connectivity index (χ4v) is 4.38. The summed E-state index contributed by atoms with van der Waals surface area (Å²) in [4.78, 5) is 2.77. The molecule has 3 rings (SSSR count). The third-order valence-electron chi connectivity index (χ3n) is 3.97. The van der Waals surface area contributed by atoms with Crippen molar-refractivity contribution in [1.82, 2.24) is 5.32 Å². The van der Waals surface area contributed by atoms with E-state index in [-0.39, 0.29) is 6.04 Å². The van der Waals surface area contributed by atoms with Gasteiger partial charge in [-0.05, 0) is 54.9 Å². The first-order chi connectivity index (χ1) is 10.1. The number of nitrogens with one attached hydrogen (secondary N) is 1. The molecule has 0 saturated heterocycles. The van der Waals surface area contributed by atoms with E-state index in [0.29, 0.717) is 0 Å². The van der Waals surface area contributed by atoms with E-state index in [1.54, 1.807) is 0 Å². The molecular weight excluding hydrogens is 342 g/mol. The minimum Gasteiger partial charge on any atom is -0.309 e. The summed E-state index contributed by atoms with van der Waals surface area (Å²) in [5, 5.41) is 6.05. The number of fused-ring (bicyclic) bond motifs is 1. The molecule has 2 aromatic carbocycles. The fraction of sp³-hybridized carbons (Fsp3) is 0.222. The lowest BCUT2D eigenvalue weighted by molar-refractivity contribution is 0.709. The molecule has 1 N–H and O–H groups in total. The summed E-state index contributed by atoms with van der Waals surface area (Å²) in [6.07, 6.45) is 0. The van der Waals surface area contributed by atoms with Crippen LogP contribution in [0.25, 0.3) is 10.8 Å². The van der Waals surface area contributed by atoms with Crippen molar-refractivity contribution >= 4 is 38.0 Å². The Morgan fingerprint density at radius 1 is 1.05 bits per heavy atom. The molecule has 0 bridgehead atoms. The second-order valence-corrected chi connectivity index (χ2v) is 7.43. The number of thiophene rings is 1. The maximum Gasteiger partial charge on any atom is 0.0674 e. The number of benzene rings is 2. The molecule has 21 heavy (non-hydrogen) atoms. The highest BCUT2D eigenvalue weighted by atomic mass is 79.9. The maximum absolute atomic E-state index is 3.66. The van der Waals surface area contributed by atoms with Gasteiger partial charge in [-0.1, -0.05) is 46.3 Å². The summed E-state index contributed by atoms with van der Waals surface area (Å²) in [5.41, 5.74) is 2.70. The minimum atomic E-state index is 0.236. The van der Waals surface area contributed by atoms with E-state index in [1.807, 2.05) is 18.4 Å². The van der Waals surface area contributed by atoms with Crippen molar-refractivity contribution in [3.05, 3.63) is 67.8 Å². The number of hydrogen-bond donors (Lipinski definition) is 1. The van der Waals surface area contributed by atoms with E-state index in [0.717, 1.165) is 4.47 Å². The lowest BCUT2D eigenvalue weighted by Gasteiger charge is -2.18. The summed E-state index contributed by atoms with van der Waals surface area (Å²) < 4.78 is 1.15. The smallest absolute Gasteiger partial charge is 0.0674 e. The molecule has 0 amide bonds. The molecule has 0 aliphatic rings. The highest BCUT2D eigenvalue weighted by Gasteiger charge is 2.18. The molecule has 1 aromatic heterocycles. The summed E-state index contributed by atoms with van der Waals surface area (Å²) in [7, 11) is 2.03. The Morgan fingerprint density at radius 2 is 1.76 bits per heavy atom. The Hall–Kier alpha value is -1.16. The van der Waals surface area contributed by atoms with Gasteiger partial charge in [-0.3, -0.25) is 0 Å². The first-order valence-corrected chi connectivity index (χ1v) is 8.64. The predicted octanol–water partition coefficient (Wildman–Crippen LogP) is 5.59. The van der Waals surface area contributed by atoms with Gasteiger partial charge in [0, 0.05) is 14.2 Å². The van der Waals surface area contributed by atoms with Gasteiger partial charge in [0.15, 0.2) is 0 Å². The highest BCUT2D eigenvalue weighted by molar-refractivity contribution is 9.10. The van der Waals surface area contributed by atoms with Crippen molar-refractivity contribution in [3.8, 4) is 0 Å². The lowest BCUT2D eigenvalue weighted by atomic mass is 9.97. The van der Waals surface area contributed by atoms with Crippen molar-refractivity contribution in [1.29, 1.82) is 0 Å². The Balaban J connectivity index is 2.20. The van der Waals surface area contributed by atoms with Gasteiger partial charge in [0.1, 0.15) is 0 Å². The van der Waals surface area contributed by atoms with Crippen molar-refractivity contribution in [2.75, 3.05) is 7.05 Å². The van der Waals surface area contributed by atoms with Crippen molar-refractivity contribution in [2.45, 2.75) is 19.9 Å². The molecular formula is C18H18BrNS. The Bertz CT molecular complexity index is 772. The molecule has 0 aliphatic heterocycles. The van der Waals surface area contributed by atoms with Crippen LogP contribution in [0.4, 0.5) is 0 Å². The SMILES string of the molecule is CNC(c1cc(C)c(C)s1)c1ccc(Br)c2ccccc12. The summed E-state index contributed by atoms with van der Waals surface area (Å²) in [5.74, 6) is 0. The first-order valence-electron chi connectivity index (χ1n) is 7.03. The zero-order chi connectivity index (χ0) is 15.0. The number of halogens is 1. The topological polar surface area (TPSA) is 12.0 Å². The Kier molecular flexibility index (Phi) is 4.16. The van der Waals surface area contributed by atoms with E-state index in [1.165, 1.54) is 31.7 Å². The molecule has 0 saturated carbocycles. The molecule has 0 fully saturated rings. The van der Waals surface area contributed by atoms with Crippen LogP contribution in [-0.4, -0.2) is 7.05 Å². The predicted molar refractivity (Wildman–Crippen MR) is 96.3 cm³/mol. The third kappa shape index (κ3) is 2.66. The van der Waals surface area contributed by atoms with Crippen LogP contribution >= 0.6 is 27.3 Å². The molecule has 3 aromatic rings. The largest absolute Gasteiger partial charge is 0.309 e. The van der Waals surface area contributed by atoms with Gasteiger partial charge in [-0.2, -0.15) is 0 Å². The van der Waals surface area contributed by atoms with E-state index in [9.17, 15) is 0 Å². The van der Waals surface area contributed by atoms with Gasteiger partial charge in [0.05, 0.1) is 6.04 Å². The first kappa shape index (κ1) is 14.8. The van der Waals surface area contributed by atoms with Crippen molar-refractivity contribution in [3.63, 3.8) is 0 Å². The third-order valence-corrected chi connectivity index (χ3v) is 5.88. The van der Waals surface area contributed by atoms with Crippen LogP contribution in [0.5, 0.6) is 0 Å². The number of aryl methyl sites for hydroxylation is 2. The maximum atomic E-state index is 3.66. The normalized spacial score (nSPS) is 12.8. The van der Waals surface area contributed by atoms with Crippen molar-refractivity contribution in [2.24, 2.45) is 0 Å². The van der Waals surface area contributed by atoms with Crippen LogP contribution in [0.2, 0.25) is 0 Å². The standard InChI is InChI=1S/C18H18BrNS/c1-11-10-17(21-12(11)2)18(20-3)15-8-9-16(19)14-7-5-4-6-13(14)15/h4-10,18,20H,1-3H3. The van der Waals surface area contributed by atoms with Crippen LogP contribution in [0.15, 0.2) is 46.9 Å². The van der Waals surface area contributed by atoms with Gasteiger partial charge in [0.25, 0.3) is 0 Å². The second kappa shape index (κ2) is 5.91. The number of hydrogen-bond acceptors (Lipinski definition) is 2. The average Bonchev–Trinajstić information content (AvgIpc) is 2.82. The van der Waals surface area contributed by atoms with Gasteiger partial charge >= 0.3 is 0 Å². The molecule has 1 nitrogen and oxygen atoms in total. The Morgan fingerprint density at radius 3 is 2.38 bits per heavy atom. The minimum absolute atomic E-state index is 0.236. The van der Waals surface area contributed by atoms with Gasteiger partial charge < -0.3 is 5.32 Å².